The number of carbonyl (C=O) groups excluding carboxylic acids is 2. The average molecular weight is 498 g/mol. The minimum absolute atomic E-state index is 0.0236. The van der Waals surface area contributed by atoms with E-state index >= 15 is 0 Å². The van der Waals surface area contributed by atoms with Gasteiger partial charge in [0.2, 0.25) is 5.91 Å². The second-order valence-electron chi connectivity index (χ2n) is 9.60. The third kappa shape index (κ3) is 4.64. The molecule has 9 heteroatoms. The molecule has 36 heavy (non-hydrogen) atoms. The normalized spacial score (nSPS) is 22.8. The van der Waals surface area contributed by atoms with Crippen LogP contribution in [0.3, 0.4) is 0 Å². The van der Waals surface area contributed by atoms with E-state index in [1.54, 1.807) is 4.90 Å². The van der Waals surface area contributed by atoms with Gasteiger partial charge in [-0.1, -0.05) is 24.6 Å². The number of ether oxygens (including phenoxy) is 1. The number of nitrogens with zero attached hydrogens (tertiary/aromatic N) is 3. The number of amides is 2. The smallest absolute Gasteiger partial charge is 0.406 e. The molecular weight excluding hydrogens is 471 g/mol. The van der Waals surface area contributed by atoms with Crippen LogP contribution in [0.1, 0.15) is 66.9 Å². The van der Waals surface area contributed by atoms with Crippen LogP contribution in [0.25, 0.3) is 0 Å². The van der Waals surface area contributed by atoms with E-state index in [1.165, 1.54) is 12.1 Å². The second-order valence-corrected chi connectivity index (χ2v) is 9.60. The number of hydrogen-bond acceptors (Lipinski definition) is 4. The molecule has 3 aliphatic rings. The number of halogens is 3. The summed E-state index contributed by atoms with van der Waals surface area (Å²) in [6.45, 7) is 0. The number of fused-ring (bicyclic) bond motifs is 2. The molecule has 0 spiro atoms. The highest BCUT2D eigenvalue weighted by molar-refractivity contribution is 6.07. The lowest BCUT2D eigenvalue weighted by Gasteiger charge is -2.48. The Labute approximate surface area is 207 Å². The molecule has 2 saturated carbocycles. The van der Waals surface area contributed by atoms with Gasteiger partial charge in [-0.2, -0.15) is 5.26 Å². The van der Waals surface area contributed by atoms with Gasteiger partial charge >= 0.3 is 6.36 Å². The Hall–Kier alpha value is -3.54. The number of rotatable bonds is 6. The molecule has 2 aromatic carbocycles. The third-order valence-corrected chi connectivity index (χ3v) is 7.32. The van der Waals surface area contributed by atoms with Gasteiger partial charge in [0.15, 0.2) is 0 Å². The summed E-state index contributed by atoms with van der Waals surface area (Å²) in [5.41, 5.74) is 1.90. The molecule has 6 nitrogen and oxygen atoms in total. The van der Waals surface area contributed by atoms with Crippen molar-refractivity contribution in [3.8, 4) is 11.8 Å². The van der Waals surface area contributed by atoms with Gasteiger partial charge in [0.05, 0.1) is 12.1 Å². The molecule has 2 aliphatic carbocycles. The Kier molecular flexibility index (Phi) is 6.37. The first-order valence-electron chi connectivity index (χ1n) is 12.2. The lowest BCUT2D eigenvalue weighted by molar-refractivity contribution is -0.274. The highest BCUT2D eigenvalue weighted by Crippen LogP contribution is 2.53. The van der Waals surface area contributed by atoms with Crippen LogP contribution >= 0.6 is 0 Å². The maximum atomic E-state index is 13.7. The highest BCUT2D eigenvalue weighted by Gasteiger charge is 2.51. The Bertz CT molecular complexity index is 1190. The van der Waals surface area contributed by atoms with Crippen LogP contribution in [-0.2, 0) is 4.79 Å². The molecule has 0 saturated heterocycles. The van der Waals surface area contributed by atoms with E-state index in [1.807, 2.05) is 29.2 Å². The molecule has 2 amide bonds. The van der Waals surface area contributed by atoms with Crippen LogP contribution in [0.4, 0.5) is 18.9 Å². The van der Waals surface area contributed by atoms with E-state index in [0.29, 0.717) is 0 Å². The van der Waals surface area contributed by atoms with Crippen molar-refractivity contribution in [1.29, 1.82) is 5.26 Å². The number of carbonyl (C=O) groups is 2. The van der Waals surface area contributed by atoms with Crippen molar-refractivity contribution in [3.05, 3.63) is 59.7 Å². The van der Waals surface area contributed by atoms with E-state index in [0.717, 1.165) is 55.5 Å². The molecule has 3 unspecified atom stereocenters. The number of alkyl halides is 3. The summed E-state index contributed by atoms with van der Waals surface area (Å²) in [6.07, 6.45) is -0.0375. The summed E-state index contributed by atoms with van der Waals surface area (Å²) in [7, 11) is 0. The van der Waals surface area contributed by atoms with Gasteiger partial charge < -0.3 is 14.5 Å². The van der Waals surface area contributed by atoms with Gasteiger partial charge in [-0.05, 0) is 61.6 Å². The molecular formula is C27H26F3N3O3. The third-order valence-electron chi connectivity index (χ3n) is 7.32. The Morgan fingerprint density at radius 3 is 2.44 bits per heavy atom. The molecule has 1 aliphatic heterocycles. The molecule has 5 rings (SSSR count). The van der Waals surface area contributed by atoms with E-state index in [4.69, 9.17) is 5.26 Å². The SMILES string of the molecule is N#CCCC(=O)N(C1CC1)C1c2ccccc2N(C(=O)c2ccc(OC(F)(F)F)cc2)C2CCCC21. The van der Waals surface area contributed by atoms with Gasteiger partial charge in [-0.15, -0.1) is 13.2 Å². The minimum Gasteiger partial charge on any atom is -0.406 e. The standard InChI is InChI=1S/C27H26F3N3O3/c28-27(29,30)36-19-14-10-17(11-15-19)26(35)33-22-7-2-1-5-20(22)25(21-6-3-8-23(21)33)32(18-12-13-18)24(34)9-4-16-31/h1-2,5,7,10-11,14-15,18,21,23,25H,3-4,6,8-9,12-13H2. The quantitative estimate of drug-likeness (QED) is 0.509. The van der Waals surface area contributed by atoms with Crippen LogP contribution in [0, 0.1) is 17.2 Å². The van der Waals surface area contributed by atoms with E-state index in [2.05, 4.69) is 10.8 Å². The number of para-hydroxylation sites is 1. The Morgan fingerprint density at radius 1 is 1.06 bits per heavy atom. The summed E-state index contributed by atoms with van der Waals surface area (Å²) in [5, 5.41) is 9.02. The maximum Gasteiger partial charge on any atom is 0.573 e. The van der Waals surface area contributed by atoms with Crippen molar-refractivity contribution < 1.29 is 27.5 Å². The summed E-state index contributed by atoms with van der Waals surface area (Å²) in [4.78, 5) is 30.7. The maximum absolute atomic E-state index is 13.7. The number of hydrogen-bond donors (Lipinski definition) is 0. The first-order chi connectivity index (χ1) is 17.3. The van der Waals surface area contributed by atoms with Crippen molar-refractivity contribution >= 4 is 17.5 Å². The predicted molar refractivity (Wildman–Crippen MR) is 125 cm³/mol. The fourth-order valence-electron chi connectivity index (χ4n) is 5.81. The van der Waals surface area contributed by atoms with Gasteiger partial charge in [0.1, 0.15) is 5.75 Å². The zero-order valence-corrected chi connectivity index (χ0v) is 19.6. The van der Waals surface area contributed by atoms with E-state index < -0.39 is 6.36 Å². The van der Waals surface area contributed by atoms with Crippen LogP contribution in [0.2, 0.25) is 0 Å². The Balaban J connectivity index is 1.50. The summed E-state index contributed by atoms with van der Waals surface area (Å²) < 4.78 is 41.6. The molecule has 0 aromatic heterocycles. The second kappa shape index (κ2) is 9.49. The van der Waals surface area contributed by atoms with Gasteiger partial charge in [-0.25, -0.2) is 0 Å². The first-order valence-corrected chi connectivity index (χ1v) is 12.2. The van der Waals surface area contributed by atoms with Crippen molar-refractivity contribution in [2.45, 2.75) is 69.4 Å². The fraction of sp³-hybridized carbons (Fsp3) is 0.444. The zero-order chi connectivity index (χ0) is 25.4. The van der Waals surface area contributed by atoms with Crippen LogP contribution in [-0.4, -0.2) is 35.2 Å². The molecule has 0 bridgehead atoms. The molecule has 188 valence electrons. The van der Waals surface area contributed by atoms with Crippen LogP contribution in [0.15, 0.2) is 48.5 Å². The topological polar surface area (TPSA) is 73.6 Å². The number of anilines is 1. The molecule has 0 radical (unpaired) electrons. The summed E-state index contributed by atoms with van der Waals surface area (Å²) in [5.74, 6) is -0.647. The number of nitriles is 1. The van der Waals surface area contributed by atoms with Crippen LogP contribution in [0.5, 0.6) is 5.75 Å². The molecule has 1 heterocycles. The van der Waals surface area contributed by atoms with Gasteiger partial charge in [-0.3, -0.25) is 9.59 Å². The van der Waals surface area contributed by atoms with Crippen molar-refractivity contribution in [3.63, 3.8) is 0 Å². The zero-order valence-electron chi connectivity index (χ0n) is 19.6. The van der Waals surface area contributed by atoms with E-state index in [9.17, 15) is 22.8 Å². The minimum atomic E-state index is -4.80. The van der Waals surface area contributed by atoms with Crippen LogP contribution < -0.4 is 9.64 Å². The molecule has 0 N–H and O–H groups in total. The lowest BCUT2D eigenvalue weighted by Crippen LogP contribution is -2.52. The van der Waals surface area contributed by atoms with Gasteiger partial charge in [0.25, 0.3) is 5.91 Å². The predicted octanol–water partition coefficient (Wildman–Crippen LogP) is 5.75. The summed E-state index contributed by atoms with van der Waals surface area (Å²) >= 11 is 0. The number of benzene rings is 2. The average Bonchev–Trinajstić information content (AvgIpc) is 3.57. The first kappa shape index (κ1) is 24.2. The lowest BCUT2D eigenvalue weighted by atomic mass is 9.81. The molecule has 2 fully saturated rings. The largest absolute Gasteiger partial charge is 0.573 e. The van der Waals surface area contributed by atoms with Gasteiger partial charge in [0, 0.05) is 42.1 Å². The van der Waals surface area contributed by atoms with Crippen molar-refractivity contribution in [1.82, 2.24) is 4.90 Å². The fourth-order valence-corrected chi connectivity index (χ4v) is 5.81. The molecule has 2 aromatic rings. The van der Waals surface area contributed by atoms with E-state index in [-0.39, 0.29) is 60.0 Å². The summed E-state index contributed by atoms with van der Waals surface area (Å²) in [6, 6.07) is 14.5. The molecule has 3 atom stereocenters. The monoisotopic (exact) mass is 497 g/mol. The Morgan fingerprint density at radius 2 is 1.78 bits per heavy atom. The highest BCUT2D eigenvalue weighted by atomic mass is 19.4. The van der Waals surface area contributed by atoms with Crippen molar-refractivity contribution in [2.75, 3.05) is 4.90 Å². The van der Waals surface area contributed by atoms with Crippen molar-refractivity contribution in [2.24, 2.45) is 5.92 Å².